The summed E-state index contributed by atoms with van der Waals surface area (Å²) in [6.45, 7) is 2.30. The van der Waals surface area contributed by atoms with Crippen molar-refractivity contribution in [1.82, 2.24) is 14.8 Å². The van der Waals surface area contributed by atoms with Crippen molar-refractivity contribution >= 4 is 39.8 Å². The summed E-state index contributed by atoms with van der Waals surface area (Å²) >= 11 is 5.75. The van der Waals surface area contributed by atoms with Gasteiger partial charge in [-0.25, -0.2) is 4.98 Å². The van der Waals surface area contributed by atoms with Crippen LogP contribution in [-0.4, -0.2) is 37.4 Å². The Labute approximate surface area is 125 Å². The maximum atomic E-state index is 5.78. The van der Waals surface area contributed by atoms with E-state index in [-0.39, 0.29) is 6.04 Å². The molecule has 0 spiro atoms. The molecule has 0 aliphatic carbocycles. The summed E-state index contributed by atoms with van der Waals surface area (Å²) in [5.74, 6) is 8.25. The quantitative estimate of drug-likeness (QED) is 0.668. The predicted octanol–water partition coefficient (Wildman–Crippen LogP) is 2.01. The van der Waals surface area contributed by atoms with E-state index in [2.05, 4.69) is 39.5 Å². The Bertz CT molecular complexity index is 509. The Kier molecular flexibility index (Phi) is 4.38. The van der Waals surface area contributed by atoms with Crippen LogP contribution in [-0.2, 0) is 6.42 Å². The molecule has 2 aromatic heterocycles. The van der Waals surface area contributed by atoms with E-state index >= 15 is 0 Å². The number of nitrogens with one attached hydrogen (secondary N) is 1. The lowest BCUT2D eigenvalue weighted by molar-refractivity contribution is 0.498. The molecule has 1 aliphatic rings. The monoisotopic (exact) mass is 314 g/mol. The Morgan fingerprint density at radius 2 is 2.37 bits per heavy atom. The van der Waals surface area contributed by atoms with Crippen molar-refractivity contribution in [2.75, 3.05) is 11.5 Å². The molecule has 1 fully saturated rings. The topological polar surface area (TPSA) is 55.3 Å². The summed E-state index contributed by atoms with van der Waals surface area (Å²) in [7, 11) is 0. The lowest BCUT2D eigenvalue weighted by Crippen LogP contribution is -2.48. The summed E-state index contributed by atoms with van der Waals surface area (Å²) in [4.78, 5) is 5.71. The second kappa shape index (κ2) is 6.05. The number of imidazole rings is 1. The molecule has 1 saturated heterocycles. The fourth-order valence-electron chi connectivity index (χ4n) is 2.46. The Morgan fingerprint density at radius 1 is 1.53 bits per heavy atom. The van der Waals surface area contributed by atoms with Crippen LogP contribution in [0.4, 0.5) is 0 Å². The van der Waals surface area contributed by atoms with Crippen molar-refractivity contribution < 1.29 is 0 Å². The van der Waals surface area contributed by atoms with E-state index in [0.717, 1.165) is 17.1 Å². The highest BCUT2D eigenvalue weighted by atomic mass is 32.2. The van der Waals surface area contributed by atoms with Crippen LogP contribution in [0.5, 0.6) is 0 Å². The molecule has 3 rings (SSSR count). The first kappa shape index (κ1) is 13.8. The van der Waals surface area contributed by atoms with Crippen molar-refractivity contribution in [3.8, 4) is 0 Å². The molecule has 4 nitrogen and oxygen atoms in total. The number of hydrogen-bond donors (Lipinski definition) is 2. The van der Waals surface area contributed by atoms with Gasteiger partial charge in [0, 0.05) is 52.2 Å². The van der Waals surface area contributed by atoms with E-state index in [0.29, 0.717) is 10.5 Å². The number of aromatic nitrogens is 2. The van der Waals surface area contributed by atoms with Gasteiger partial charge in [-0.1, -0.05) is 6.92 Å². The van der Waals surface area contributed by atoms with Gasteiger partial charge in [0.1, 0.15) is 0 Å². The van der Waals surface area contributed by atoms with Crippen LogP contribution < -0.4 is 11.3 Å². The molecule has 1 aliphatic heterocycles. The van der Waals surface area contributed by atoms with Gasteiger partial charge in [0.25, 0.3) is 0 Å². The second-order valence-electron chi connectivity index (χ2n) is 4.71. The maximum absolute atomic E-state index is 5.78. The van der Waals surface area contributed by atoms with Gasteiger partial charge >= 0.3 is 0 Å². The average molecular weight is 315 g/mol. The number of thiazole rings is 1. The zero-order chi connectivity index (χ0) is 13.2. The van der Waals surface area contributed by atoms with Crippen molar-refractivity contribution in [3.05, 3.63) is 23.5 Å². The molecule has 7 heteroatoms. The Hall–Kier alpha value is -0.210. The minimum atomic E-state index is 0.289. The molecule has 19 heavy (non-hydrogen) atoms. The van der Waals surface area contributed by atoms with Gasteiger partial charge in [-0.2, -0.15) is 23.5 Å². The average Bonchev–Trinajstić information content (AvgIpc) is 2.97. The fourth-order valence-corrected chi connectivity index (χ4v) is 6.12. The van der Waals surface area contributed by atoms with E-state index in [9.17, 15) is 0 Å². The molecule has 3 N–H and O–H groups in total. The molecule has 0 aromatic carbocycles. The maximum Gasteiger partial charge on any atom is 0.193 e. The zero-order valence-corrected chi connectivity index (χ0v) is 13.2. The number of hydrogen-bond acceptors (Lipinski definition) is 6. The molecule has 0 bridgehead atoms. The van der Waals surface area contributed by atoms with Crippen molar-refractivity contribution in [3.63, 3.8) is 0 Å². The first-order chi connectivity index (χ1) is 9.28. The first-order valence-electron chi connectivity index (χ1n) is 6.38. The molecule has 0 amide bonds. The van der Waals surface area contributed by atoms with Crippen LogP contribution >= 0.6 is 34.9 Å². The standard InChI is InChI=1S/C12H18N4S3/c1-8-11(18-5-4-17-8)10(15-13)6-9-7-16-2-3-19-12(16)14-9/h2-3,7-8,10-11,15H,4-6,13H2,1H3. The molecule has 0 saturated carbocycles. The third kappa shape index (κ3) is 2.95. The van der Waals surface area contributed by atoms with E-state index in [4.69, 9.17) is 5.84 Å². The van der Waals surface area contributed by atoms with E-state index < -0.39 is 0 Å². The third-order valence-corrected chi connectivity index (χ3v) is 7.44. The smallest absolute Gasteiger partial charge is 0.193 e. The van der Waals surface area contributed by atoms with Gasteiger partial charge in [0.05, 0.1) is 5.69 Å². The normalized spacial score (nSPS) is 25.8. The van der Waals surface area contributed by atoms with Crippen molar-refractivity contribution in [1.29, 1.82) is 0 Å². The molecular formula is C12H18N4S3. The number of hydrazine groups is 1. The van der Waals surface area contributed by atoms with Crippen LogP contribution in [0.2, 0.25) is 0 Å². The molecule has 104 valence electrons. The van der Waals surface area contributed by atoms with Gasteiger partial charge in [-0.15, -0.1) is 11.3 Å². The highest BCUT2D eigenvalue weighted by Gasteiger charge is 2.30. The van der Waals surface area contributed by atoms with Crippen LogP contribution in [0.3, 0.4) is 0 Å². The Balaban J connectivity index is 1.73. The highest BCUT2D eigenvalue weighted by molar-refractivity contribution is 8.07. The van der Waals surface area contributed by atoms with Gasteiger partial charge in [0.2, 0.25) is 0 Å². The molecule has 2 aromatic rings. The van der Waals surface area contributed by atoms with Crippen LogP contribution in [0.15, 0.2) is 17.8 Å². The minimum Gasteiger partial charge on any atom is -0.297 e. The SMILES string of the molecule is CC1SCCSC1C(Cc1cn2ccsc2n1)NN. The van der Waals surface area contributed by atoms with Gasteiger partial charge in [-0.3, -0.25) is 15.7 Å². The summed E-state index contributed by atoms with van der Waals surface area (Å²) in [6, 6.07) is 0.289. The largest absolute Gasteiger partial charge is 0.297 e. The molecular weight excluding hydrogens is 296 g/mol. The van der Waals surface area contributed by atoms with E-state index in [1.54, 1.807) is 11.3 Å². The molecule has 0 radical (unpaired) electrons. The van der Waals surface area contributed by atoms with Gasteiger partial charge in [-0.05, 0) is 0 Å². The fraction of sp³-hybridized carbons (Fsp3) is 0.583. The summed E-state index contributed by atoms with van der Waals surface area (Å²) in [6.07, 6.45) is 5.06. The first-order valence-corrected chi connectivity index (χ1v) is 9.36. The van der Waals surface area contributed by atoms with Gasteiger partial charge in [0.15, 0.2) is 4.96 Å². The number of nitrogens with two attached hydrogens (primary N) is 1. The summed E-state index contributed by atoms with van der Waals surface area (Å²) in [5, 5.41) is 3.26. The number of rotatable bonds is 4. The predicted molar refractivity (Wildman–Crippen MR) is 86.1 cm³/mol. The van der Waals surface area contributed by atoms with Crippen LogP contribution in [0, 0.1) is 0 Å². The number of thioether (sulfide) groups is 2. The van der Waals surface area contributed by atoms with E-state index in [1.807, 2.05) is 23.5 Å². The van der Waals surface area contributed by atoms with Crippen molar-refractivity contribution in [2.45, 2.75) is 29.9 Å². The summed E-state index contributed by atoms with van der Waals surface area (Å²) < 4.78 is 2.08. The molecule has 3 heterocycles. The third-order valence-electron chi connectivity index (χ3n) is 3.42. The van der Waals surface area contributed by atoms with Crippen LogP contribution in [0.1, 0.15) is 12.6 Å². The summed E-state index contributed by atoms with van der Waals surface area (Å²) in [5.41, 5.74) is 4.13. The minimum absolute atomic E-state index is 0.289. The Morgan fingerprint density at radius 3 is 3.11 bits per heavy atom. The van der Waals surface area contributed by atoms with Crippen LogP contribution in [0.25, 0.3) is 4.96 Å². The number of fused-ring (bicyclic) bond motifs is 1. The van der Waals surface area contributed by atoms with E-state index in [1.165, 1.54) is 11.5 Å². The molecule has 3 atom stereocenters. The highest BCUT2D eigenvalue weighted by Crippen LogP contribution is 2.33. The molecule has 3 unspecified atom stereocenters. The zero-order valence-electron chi connectivity index (χ0n) is 10.8. The van der Waals surface area contributed by atoms with Gasteiger partial charge < -0.3 is 0 Å². The number of nitrogens with zero attached hydrogens (tertiary/aromatic N) is 2. The second-order valence-corrected chi connectivity index (χ2v) is 8.36. The lowest BCUT2D eigenvalue weighted by Gasteiger charge is -2.33. The van der Waals surface area contributed by atoms with Crippen molar-refractivity contribution in [2.24, 2.45) is 5.84 Å². The lowest BCUT2D eigenvalue weighted by atomic mass is 10.1.